The molecule has 0 aromatic carbocycles. The summed E-state index contributed by atoms with van der Waals surface area (Å²) >= 11 is 4.11. The van der Waals surface area contributed by atoms with Crippen LogP contribution in [0, 0.1) is 0 Å². The van der Waals surface area contributed by atoms with Gasteiger partial charge in [0.25, 0.3) is 0 Å². The smallest absolute Gasteiger partial charge is 0.415 e. The summed E-state index contributed by atoms with van der Waals surface area (Å²) in [6, 6.07) is 2.74. The van der Waals surface area contributed by atoms with E-state index in [1.807, 2.05) is 10.2 Å². The van der Waals surface area contributed by atoms with E-state index in [1.165, 1.54) is 6.20 Å². The van der Waals surface area contributed by atoms with E-state index < -0.39 is 18.3 Å². The van der Waals surface area contributed by atoms with Gasteiger partial charge in [0.1, 0.15) is 6.17 Å². The molecule has 7 nitrogen and oxygen atoms in total. The van der Waals surface area contributed by atoms with Gasteiger partial charge >= 0.3 is 12.1 Å². The van der Waals surface area contributed by atoms with Gasteiger partial charge in [0.2, 0.25) is 0 Å². The summed E-state index contributed by atoms with van der Waals surface area (Å²) in [7, 11) is 0. The fourth-order valence-corrected chi connectivity index (χ4v) is 2.50. The van der Waals surface area contributed by atoms with Crippen molar-refractivity contribution in [1.29, 1.82) is 0 Å². The van der Waals surface area contributed by atoms with E-state index in [-0.39, 0.29) is 12.4 Å². The number of pyridine rings is 1. The number of thiol groups is 1. The topological polar surface area (TPSA) is 74.8 Å². The molecule has 1 N–H and O–H groups in total. The second-order valence-electron chi connectivity index (χ2n) is 4.97. The molecule has 126 valence electrons. The van der Waals surface area contributed by atoms with Crippen molar-refractivity contribution in [2.45, 2.75) is 25.9 Å². The molecule has 0 spiro atoms. The SMILES string of the molecule is CCOC(=O)NC(=O)N(S)c1ncccc1N1CCC(F)CC1. The van der Waals surface area contributed by atoms with Crippen LogP contribution in [-0.4, -0.2) is 43.0 Å². The Hall–Kier alpha value is -2.03. The van der Waals surface area contributed by atoms with Crippen LogP contribution >= 0.6 is 12.8 Å². The number of hydrogen-bond acceptors (Lipinski definition) is 6. The number of nitrogens with zero attached hydrogens (tertiary/aromatic N) is 3. The highest BCUT2D eigenvalue weighted by Crippen LogP contribution is 2.30. The van der Waals surface area contributed by atoms with E-state index in [0.29, 0.717) is 31.6 Å². The van der Waals surface area contributed by atoms with Crippen LogP contribution in [0.2, 0.25) is 0 Å². The van der Waals surface area contributed by atoms with Gasteiger partial charge in [0.15, 0.2) is 5.82 Å². The molecule has 9 heteroatoms. The van der Waals surface area contributed by atoms with Crippen LogP contribution in [0.1, 0.15) is 19.8 Å². The fraction of sp³-hybridized carbons (Fsp3) is 0.500. The summed E-state index contributed by atoms with van der Waals surface area (Å²) in [5.41, 5.74) is 0.661. The Kier molecular flexibility index (Phi) is 6.03. The number of alkyl halides is 1. The lowest BCUT2D eigenvalue weighted by Crippen LogP contribution is -2.40. The number of amides is 3. The zero-order valence-corrected chi connectivity index (χ0v) is 13.6. The van der Waals surface area contributed by atoms with E-state index in [2.05, 4.69) is 22.5 Å². The average Bonchev–Trinajstić information content (AvgIpc) is 2.55. The van der Waals surface area contributed by atoms with Crippen molar-refractivity contribution in [3.63, 3.8) is 0 Å². The third kappa shape index (κ3) is 4.47. The molecule has 0 aliphatic carbocycles. The molecular weight excluding hydrogens is 323 g/mol. The first-order valence-corrected chi connectivity index (χ1v) is 7.73. The zero-order valence-electron chi connectivity index (χ0n) is 12.7. The lowest BCUT2D eigenvalue weighted by molar-refractivity contribution is 0.154. The molecule has 0 saturated carbocycles. The van der Waals surface area contributed by atoms with Crippen LogP contribution in [0.4, 0.5) is 25.5 Å². The van der Waals surface area contributed by atoms with Crippen molar-refractivity contribution in [2.75, 3.05) is 28.9 Å². The number of alkyl carbamates (subject to hydrolysis) is 1. The van der Waals surface area contributed by atoms with Crippen LogP contribution in [0.5, 0.6) is 0 Å². The molecule has 1 fully saturated rings. The number of anilines is 2. The number of urea groups is 1. The Labute approximate surface area is 139 Å². The average molecular weight is 342 g/mol. The van der Waals surface area contributed by atoms with Crippen LogP contribution in [0.25, 0.3) is 0 Å². The Balaban J connectivity index is 2.12. The zero-order chi connectivity index (χ0) is 16.8. The summed E-state index contributed by atoms with van der Waals surface area (Å²) in [5.74, 6) is 0.273. The molecule has 0 bridgehead atoms. The first-order chi connectivity index (χ1) is 11.0. The predicted octanol–water partition coefficient (Wildman–Crippen LogP) is 2.54. The Bertz CT molecular complexity index is 567. The number of hydrogen-bond donors (Lipinski definition) is 2. The van der Waals surface area contributed by atoms with Crippen molar-refractivity contribution >= 4 is 36.4 Å². The molecule has 1 aromatic heterocycles. The van der Waals surface area contributed by atoms with Gasteiger partial charge < -0.3 is 9.64 Å². The van der Waals surface area contributed by atoms with Crippen molar-refractivity contribution in [3.05, 3.63) is 18.3 Å². The number of imide groups is 1. The molecule has 0 atom stereocenters. The largest absolute Gasteiger partial charge is 0.450 e. The third-order valence-corrected chi connectivity index (χ3v) is 3.78. The highest BCUT2D eigenvalue weighted by atomic mass is 32.1. The monoisotopic (exact) mass is 342 g/mol. The maximum absolute atomic E-state index is 13.3. The van der Waals surface area contributed by atoms with Crippen molar-refractivity contribution in [1.82, 2.24) is 10.3 Å². The van der Waals surface area contributed by atoms with Crippen LogP contribution in [0.3, 0.4) is 0 Å². The molecule has 2 rings (SSSR count). The molecule has 1 saturated heterocycles. The van der Waals surface area contributed by atoms with Gasteiger partial charge in [0.05, 0.1) is 12.3 Å². The van der Waals surface area contributed by atoms with Crippen LogP contribution < -0.4 is 14.5 Å². The summed E-state index contributed by atoms with van der Waals surface area (Å²) in [5, 5.41) is 2.05. The minimum absolute atomic E-state index is 0.151. The van der Waals surface area contributed by atoms with Crippen molar-refractivity contribution in [3.8, 4) is 0 Å². The number of nitrogens with one attached hydrogen (secondary N) is 1. The number of carbonyl (C=O) groups excluding carboxylic acids is 2. The normalized spacial score (nSPS) is 15.2. The van der Waals surface area contributed by atoms with E-state index in [1.54, 1.807) is 19.1 Å². The van der Waals surface area contributed by atoms with Gasteiger partial charge in [-0.15, -0.1) is 0 Å². The first-order valence-electron chi connectivity index (χ1n) is 7.33. The third-order valence-electron chi connectivity index (χ3n) is 3.41. The van der Waals surface area contributed by atoms with Gasteiger partial charge in [-0.05, 0) is 31.9 Å². The second kappa shape index (κ2) is 8.00. The van der Waals surface area contributed by atoms with Crippen molar-refractivity contribution < 1.29 is 18.7 Å². The molecule has 1 aliphatic heterocycles. The van der Waals surface area contributed by atoms with Gasteiger partial charge in [-0.1, -0.05) is 12.8 Å². The van der Waals surface area contributed by atoms with Gasteiger partial charge in [-0.3, -0.25) is 0 Å². The summed E-state index contributed by atoms with van der Waals surface area (Å²) in [4.78, 5) is 29.5. The maximum atomic E-state index is 13.3. The Morgan fingerprint density at radius 1 is 1.52 bits per heavy atom. The molecular formula is C14H19FN4O3S. The van der Waals surface area contributed by atoms with E-state index in [0.717, 1.165) is 4.31 Å². The van der Waals surface area contributed by atoms with Gasteiger partial charge in [-0.2, -0.15) is 0 Å². The molecule has 1 aromatic rings. The minimum atomic E-state index is -0.854. The quantitative estimate of drug-likeness (QED) is 0.826. The number of piperidine rings is 1. The van der Waals surface area contributed by atoms with Crippen LogP contribution in [-0.2, 0) is 4.74 Å². The second-order valence-corrected chi connectivity index (χ2v) is 5.37. The molecule has 1 aliphatic rings. The summed E-state index contributed by atoms with van der Waals surface area (Å²) < 4.78 is 18.9. The first kappa shape index (κ1) is 17.3. The molecule has 3 amide bonds. The number of ether oxygens (including phenoxy) is 1. The van der Waals surface area contributed by atoms with Gasteiger partial charge in [-0.25, -0.2) is 28.6 Å². The van der Waals surface area contributed by atoms with Crippen molar-refractivity contribution in [2.24, 2.45) is 0 Å². The lowest BCUT2D eigenvalue weighted by atomic mass is 10.1. The number of rotatable bonds is 3. The van der Waals surface area contributed by atoms with Crippen LogP contribution in [0.15, 0.2) is 18.3 Å². The Morgan fingerprint density at radius 3 is 2.87 bits per heavy atom. The predicted molar refractivity (Wildman–Crippen MR) is 87.6 cm³/mol. The number of carbonyl (C=O) groups is 2. The molecule has 23 heavy (non-hydrogen) atoms. The Morgan fingerprint density at radius 2 is 2.22 bits per heavy atom. The summed E-state index contributed by atoms with van der Waals surface area (Å²) in [6.07, 6.45) is 0.714. The molecule has 0 unspecified atom stereocenters. The standard InChI is InChI=1S/C14H19FN4O3S/c1-2-22-14(21)17-13(20)19(23)12-11(4-3-7-16-12)18-8-5-10(15)6-9-18/h3-4,7,10,23H,2,5-6,8-9H2,1H3,(H,17,20,21). The van der Waals surface area contributed by atoms with E-state index in [4.69, 9.17) is 0 Å². The number of halogens is 1. The molecule has 0 radical (unpaired) electrons. The highest BCUT2D eigenvalue weighted by Gasteiger charge is 2.25. The fourth-order valence-electron chi connectivity index (χ4n) is 2.29. The maximum Gasteiger partial charge on any atom is 0.415 e. The van der Waals surface area contributed by atoms with E-state index >= 15 is 0 Å². The lowest BCUT2D eigenvalue weighted by Gasteiger charge is -2.32. The van der Waals surface area contributed by atoms with E-state index in [9.17, 15) is 14.0 Å². The number of aromatic nitrogens is 1. The summed E-state index contributed by atoms with van der Waals surface area (Å²) in [6.45, 7) is 2.84. The molecule has 2 heterocycles. The highest BCUT2D eigenvalue weighted by molar-refractivity contribution is 7.82. The minimum Gasteiger partial charge on any atom is -0.450 e. The van der Waals surface area contributed by atoms with Gasteiger partial charge in [0, 0.05) is 19.3 Å².